The predicted octanol–water partition coefficient (Wildman–Crippen LogP) is 3.81. The summed E-state index contributed by atoms with van der Waals surface area (Å²) in [7, 11) is 3.88. The molecular formula is C20H25NO2. The van der Waals surface area contributed by atoms with E-state index in [4.69, 9.17) is 9.47 Å². The summed E-state index contributed by atoms with van der Waals surface area (Å²) >= 11 is 0. The Morgan fingerprint density at radius 3 is 2.43 bits per heavy atom. The van der Waals surface area contributed by atoms with Crippen LogP contribution in [0, 0.1) is 5.92 Å². The van der Waals surface area contributed by atoms with Crippen LogP contribution in [0.15, 0.2) is 54.6 Å². The minimum atomic E-state index is 0.487. The number of hydrogen-bond donors (Lipinski definition) is 0. The van der Waals surface area contributed by atoms with Crippen molar-refractivity contribution in [2.75, 3.05) is 33.9 Å². The largest absolute Gasteiger partial charge is 0.493 e. The molecule has 122 valence electrons. The Kier molecular flexibility index (Phi) is 5.19. The van der Waals surface area contributed by atoms with Crippen LogP contribution >= 0.6 is 0 Å². The Bertz CT molecular complexity index is 614. The highest BCUT2D eigenvalue weighted by molar-refractivity contribution is 5.39. The van der Waals surface area contributed by atoms with Crippen molar-refractivity contribution in [1.82, 2.24) is 4.90 Å². The molecule has 1 heterocycles. The molecule has 1 aliphatic heterocycles. The van der Waals surface area contributed by atoms with Crippen molar-refractivity contribution < 1.29 is 9.47 Å². The van der Waals surface area contributed by atoms with Crippen molar-refractivity contribution in [2.45, 2.75) is 12.3 Å². The first kappa shape index (κ1) is 15.9. The summed E-state index contributed by atoms with van der Waals surface area (Å²) in [6.45, 7) is 2.92. The summed E-state index contributed by atoms with van der Waals surface area (Å²) in [5.41, 5.74) is 1.43. The number of hydrogen-bond acceptors (Lipinski definition) is 3. The van der Waals surface area contributed by atoms with E-state index >= 15 is 0 Å². The van der Waals surface area contributed by atoms with Crippen LogP contribution in [0.1, 0.15) is 17.9 Å². The van der Waals surface area contributed by atoms with Crippen molar-refractivity contribution in [2.24, 2.45) is 5.92 Å². The molecule has 0 unspecified atom stereocenters. The lowest BCUT2D eigenvalue weighted by Gasteiger charge is -2.37. The number of piperidine rings is 1. The molecule has 0 aromatic heterocycles. The summed E-state index contributed by atoms with van der Waals surface area (Å²) in [4.78, 5) is 2.40. The number of rotatable bonds is 5. The summed E-state index contributed by atoms with van der Waals surface area (Å²) < 4.78 is 11.5. The van der Waals surface area contributed by atoms with Crippen LogP contribution in [0.2, 0.25) is 0 Å². The normalized spacial score (nSPS) is 21.8. The van der Waals surface area contributed by atoms with Crippen molar-refractivity contribution in [3.8, 4) is 11.5 Å². The van der Waals surface area contributed by atoms with Gasteiger partial charge in [-0.05, 0) is 43.6 Å². The quantitative estimate of drug-likeness (QED) is 0.838. The van der Waals surface area contributed by atoms with Gasteiger partial charge in [0.05, 0.1) is 13.7 Å². The van der Waals surface area contributed by atoms with E-state index in [1.807, 2.05) is 24.3 Å². The molecule has 0 amide bonds. The Morgan fingerprint density at radius 1 is 1.00 bits per heavy atom. The minimum Gasteiger partial charge on any atom is -0.493 e. The predicted molar refractivity (Wildman–Crippen MR) is 93.3 cm³/mol. The van der Waals surface area contributed by atoms with Gasteiger partial charge >= 0.3 is 0 Å². The molecule has 3 nitrogen and oxygen atoms in total. The minimum absolute atomic E-state index is 0.487. The second kappa shape index (κ2) is 7.51. The second-order valence-electron chi connectivity index (χ2n) is 6.29. The molecule has 0 N–H and O–H groups in total. The van der Waals surface area contributed by atoms with E-state index in [9.17, 15) is 0 Å². The molecule has 0 saturated carbocycles. The molecule has 0 radical (unpaired) electrons. The smallest absolute Gasteiger partial charge is 0.161 e. The fourth-order valence-corrected chi connectivity index (χ4v) is 3.46. The molecule has 3 rings (SSSR count). The van der Waals surface area contributed by atoms with E-state index in [1.54, 1.807) is 7.11 Å². The molecule has 0 bridgehead atoms. The number of para-hydroxylation sites is 2. The SMILES string of the molecule is COc1ccccc1OC[C@@H]1CN(C)CC[C@H]1c1ccccc1. The van der Waals surface area contributed by atoms with Gasteiger partial charge in [0.1, 0.15) is 0 Å². The van der Waals surface area contributed by atoms with Crippen LogP contribution in [0.3, 0.4) is 0 Å². The van der Waals surface area contributed by atoms with Crippen LogP contribution in [-0.2, 0) is 0 Å². The van der Waals surface area contributed by atoms with Gasteiger partial charge in [0.15, 0.2) is 11.5 Å². The number of benzene rings is 2. The Hall–Kier alpha value is -2.00. The van der Waals surface area contributed by atoms with Gasteiger partial charge in [0, 0.05) is 12.5 Å². The van der Waals surface area contributed by atoms with Crippen LogP contribution < -0.4 is 9.47 Å². The first-order valence-electron chi connectivity index (χ1n) is 8.27. The van der Waals surface area contributed by atoms with E-state index < -0.39 is 0 Å². The zero-order valence-corrected chi connectivity index (χ0v) is 13.9. The van der Waals surface area contributed by atoms with Crippen LogP contribution in [-0.4, -0.2) is 38.8 Å². The van der Waals surface area contributed by atoms with Gasteiger partial charge in [-0.1, -0.05) is 42.5 Å². The summed E-state index contributed by atoms with van der Waals surface area (Å²) in [6, 6.07) is 18.7. The van der Waals surface area contributed by atoms with Crippen molar-refractivity contribution in [3.63, 3.8) is 0 Å². The maximum Gasteiger partial charge on any atom is 0.161 e. The van der Waals surface area contributed by atoms with Crippen LogP contribution in [0.25, 0.3) is 0 Å². The molecular weight excluding hydrogens is 286 g/mol. The average Bonchev–Trinajstić information content (AvgIpc) is 2.61. The van der Waals surface area contributed by atoms with Gasteiger partial charge in [0.2, 0.25) is 0 Å². The summed E-state index contributed by atoms with van der Waals surface area (Å²) in [6.07, 6.45) is 1.18. The second-order valence-corrected chi connectivity index (χ2v) is 6.29. The van der Waals surface area contributed by atoms with Crippen molar-refractivity contribution in [3.05, 3.63) is 60.2 Å². The Morgan fingerprint density at radius 2 is 1.70 bits per heavy atom. The first-order valence-corrected chi connectivity index (χ1v) is 8.27. The van der Waals surface area contributed by atoms with Gasteiger partial charge in [-0.15, -0.1) is 0 Å². The third-order valence-electron chi connectivity index (χ3n) is 4.69. The number of likely N-dealkylation sites (tertiary alicyclic amines) is 1. The van der Waals surface area contributed by atoms with Crippen molar-refractivity contribution in [1.29, 1.82) is 0 Å². The highest BCUT2D eigenvalue weighted by Crippen LogP contribution is 2.34. The van der Waals surface area contributed by atoms with E-state index in [-0.39, 0.29) is 0 Å². The average molecular weight is 311 g/mol. The topological polar surface area (TPSA) is 21.7 Å². The van der Waals surface area contributed by atoms with Crippen LogP contribution in [0.4, 0.5) is 0 Å². The summed E-state index contributed by atoms with van der Waals surface area (Å²) in [5.74, 6) is 2.67. The lowest BCUT2D eigenvalue weighted by Crippen LogP contribution is -2.39. The van der Waals surface area contributed by atoms with E-state index in [1.165, 1.54) is 12.0 Å². The molecule has 3 heteroatoms. The van der Waals surface area contributed by atoms with Crippen molar-refractivity contribution >= 4 is 0 Å². The molecule has 1 aliphatic rings. The van der Waals surface area contributed by atoms with E-state index in [2.05, 4.69) is 42.3 Å². The highest BCUT2D eigenvalue weighted by atomic mass is 16.5. The third-order valence-corrected chi connectivity index (χ3v) is 4.69. The molecule has 1 saturated heterocycles. The monoisotopic (exact) mass is 311 g/mol. The standard InChI is InChI=1S/C20H25NO2/c1-21-13-12-18(16-8-4-3-5-9-16)17(14-21)15-23-20-11-7-6-10-19(20)22-2/h3-11,17-18H,12-15H2,1-2H3/t17-,18-/m0/s1. The molecule has 1 fully saturated rings. The zero-order valence-electron chi connectivity index (χ0n) is 13.9. The third kappa shape index (κ3) is 3.85. The molecule has 0 aliphatic carbocycles. The van der Waals surface area contributed by atoms with Gasteiger partial charge in [-0.2, -0.15) is 0 Å². The number of ether oxygens (including phenoxy) is 2. The lowest BCUT2D eigenvalue weighted by atomic mass is 9.81. The highest BCUT2D eigenvalue weighted by Gasteiger charge is 2.29. The summed E-state index contributed by atoms with van der Waals surface area (Å²) in [5, 5.41) is 0. The number of methoxy groups -OCH3 is 1. The van der Waals surface area contributed by atoms with E-state index in [0.717, 1.165) is 24.6 Å². The van der Waals surface area contributed by atoms with Gasteiger partial charge in [-0.3, -0.25) is 0 Å². The maximum absolute atomic E-state index is 6.12. The molecule has 2 aromatic rings. The molecule has 2 atom stereocenters. The van der Waals surface area contributed by atoms with Gasteiger partial charge in [-0.25, -0.2) is 0 Å². The number of nitrogens with zero attached hydrogens (tertiary/aromatic N) is 1. The Balaban J connectivity index is 1.72. The Labute approximate surface area is 138 Å². The lowest BCUT2D eigenvalue weighted by molar-refractivity contribution is 0.127. The fourth-order valence-electron chi connectivity index (χ4n) is 3.46. The van der Waals surface area contributed by atoms with Gasteiger partial charge in [0.25, 0.3) is 0 Å². The molecule has 23 heavy (non-hydrogen) atoms. The molecule has 0 spiro atoms. The van der Waals surface area contributed by atoms with Gasteiger partial charge < -0.3 is 14.4 Å². The molecule has 2 aromatic carbocycles. The zero-order chi connectivity index (χ0) is 16.1. The maximum atomic E-state index is 6.12. The van der Waals surface area contributed by atoms with E-state index in [0.29, 0.717) is 18.4 Å². The first-order chi connectivity index (χ1) is 11.3. The fraction of sp³-hybridized carbons (Fsp3) is 0.400. The van der Waals surface area contributed by atoms with Crippen LogP contribution in [0.5, 0.6) is 11.5 Å².